The highest BCUT2D eigenvalue weighted by Crippen LogP contribution is 2.23. The van der Waals surface area contributed by atoms with Crippen LogP contribution in [0.2, 0.25) is 0 Å². The highest BCUT2D eigenvalue weighted by molar-refractivity contribution is 7.12. The highest BCUT2D eigenvalue weighted by Gasteiger charge is 2.23. The Hall–Kier alpha value is -5.21. The fourth-order valence-corrected chi connectivity index (χ4v) is 5.45. The minimum absolute atomic E-state index is 0.0708. The molecular weight excluding hydrogens is 572 g/mol. The van der Waals surface area contributed by atoms with E-state index in [2.05, 4.69) is 5.32 Å². The van der Waals surface area contributed by atoms with E-state index in [0.29, 0.717) is 47.0 Å². The number of amides is 1. The van der Waals surface area contributed by atoms with Crippen molar-refractivity contribution in [1.82, 2.24) is 0 Å². The number of para-hydroxylation sites is 2. The normalized spacial score (nSPS) is 11.3. The third-order valence-electron chi connectivity index (χ3n) is 7.01. The SMILES string of the molecule is COC(=O)[C@H](Cc1ccc(OCCN(C(=O)c2cccs2)c2ccccc2)cc1)Nc1ccccc1C(=O)c1ccccc1. The van der Waals surface area contributed by atoms with Crippen LogP contribution >= 0.6 is 11.3 Å². The zero-order valence-electron chi connectivity index (χ0n) is 24.2. The molecule has 0 saturated heterocycles. The molecule has 1 aromatic heterocycles. The number of anilines is 2. The second-order valence-corrected chi connectivity index (χ2v) is 10.9. The summed E-state index contributed by atoms with van der Waals surface area (Å²) < 4.78 is 11.1. The maximum atomic E-state index is 13.2. The fraction of sp³-hybridized carbons (Fsp3) is 0.139. The van der Waals surface area contributed by atoms with E-state index in [1.807, 2.05) is 96.4 Å². The lowest BCUT2D eigenvalue weighted by molar-refractivity contribution is -0.141. The summed E-state index contributed by atoms with van der Waals surface area (Å²) in [6.45, 7) is 0.669. The molecule has 222 valence electrons. The van der Waals surface area contributed by atoms with Crippen molar-refractivity contribution in [1.29, 1.82) is 0 Å². The molecular formula is C36H32N2O5S. The predicted octanol–water partition coefficient (Wildman–Crippen LogP) is 6.90. The molecule has 0 aliphatic heterocycles. The number of methoxy groups -OCH3 is 1. The smallest absolute Gasteiger partial charge is 0.328 e. The quantitative estimate of drug-likeness (QED) is 0.116. The van der Waals surface area contributed by atoms with Crippen LogP contribution in [-0.2, 0) is 16.0 Å². The molecule has 1 N–H and O–H groups in total. The highest BCUT2D eigenvalue weighted by atomic mass is 32.1. The number of thiophene rings is 1. The molecule has 7 nitrogen and oxygen atoms in total. The lowest BCUT2D eigenvalue weighted by atomic mass is 10.00. The van der Waals surface area contributed by atoms with Gasteiger partial charge in [-0.25, -0.2) is 4.79 Å². The zero-order chi connectivity index (χ0) is 30.7. The van der Waals surface area contributed by atoms with Crippen molar-refractivity contribution < 1.29 is 23.9 Å². The van der Waals surface area contributed by atoms with E-state index in [-0.39, 0.29) is 11.7 Å². The number of benzene rings is 4. The van der Waals surface area contributed by atoms with E-state index < -0.39 is 12.0 Å². The Labute approximate surface area is 260 Å². The third kappa shape index (κ3) is 7.59. The van der Waals surface area contributed by atoms with Crippen LogP contribution in [0.25, 0.3) is 0 Å². The molecule has 0 unspecified atom stereocenters. The first-order valence-corrected chi connectivity index (χ1v) is 15.1. The van der Waals surface area contributed by atoms with Gasteiger partial charge in [0.15, 0.2) is 5.78 Å². The second kappa shape index (κ2) is 14.8. The molecule has 0 fully saturated rings. The molecule has 0 spiro atoms. The third-order valence-corrected chi connectivity index (χ3v) is 7.87. The number of nitrogens with one attached hydrogen (secondary N) is 1. The average molecular weight is 605 g/mol. The van der Waals surface area contributed by atoms with Crippen LogP contribution in [0.3, 0.4) is 0 Å². The van der Waals surface area contributed by atoms with Gasteiger partial charge in [-0.05, 0) is 53.4 Å². The molecule has 5 rings (SSSR count). The van der Waals surface area contributed by atoms with Gasteiger partial charge in [-0.3, -0.25) is 9.59 Å². The van der Waals surface area contributed by atoms with Crippen LogP contribution in [0.4, 0.5) is 11.4 Å². The molecule has 44 heavy (non-hydrogen) atoms. The Bertz CT molecular complexity index is 1670. The summed E-state index contributed by atoms with van der Waals surface area (Å²) >= 11 is 1.41. The van der Waals surface area contributed by atoms with Crippen LogP contribution in [-0.4, -0.2) is 44.0 Å². The van der Waals surface area contributed by atoms with Gasteiger partial charge in [-0.15, -0.1) is 11.3 Å². The summed E-state index contributed by atoms with van der Waals surface area (Å²) in [7, 11) is 1.34. The van der Waals surface area contributed by atoms with Gasteiger partial charge in [0.05, 0.1) is 18.5 Å². The first kappa shape index (κ1) is 30.3. The van der Waals surface area contributed by atoms with E-state index in [0.717, 1.165) is 11.3 Å². The molecule has 0 saturated carbocycles. The van der Waals surface area contributed by atoms with Crippen molar-refractivity contribution in [3.8, 4) is 5.75 Å². The van der Waals surface area contributed by atoms with Gasteiger partial charge >= 0.3 is 5.97 Å². The Morgan fingerprint density at radius 2 is 1.48 bits per heavy atom. The zero-order valence-corrected chi connectivity index (χ0v) is 25.0. The Kier molecular flexibility index (Phi) is 10.2. The molecule has 0 radical (unpaired) electrons. The summed E-state index contributed by atoms with van der Waals surface area (Å²) in [6, 6.07) is 36.1. The van der Waals surface area contributed by atoms with E-state index >= 15 is 0 Å². The maximum absolute atomic E-state index is 13.2. The molecule has 0 aliphatic rings. The Morgan fingerprint density at radius 3 is 2.16 bits per heavy atom. The van der Waals surface area contributed by atoms with Gasteiger partial charge in [0.1, 0.15) is 18.4 Å². The van der Waals surface area contributed by atoms with Crippen LogP contribution in [0, 0.1) is 0 Å². The van der Waals surface area contributed by atoms with Crippen molar-refractivity contribution in [2.45, 2.75) is 12.5 Å². The number of ether oxygens (including phenoxy) is 2. The summed E-state index contributed by atoms with van der Waals surface area (Å²) in [5.41, 5.74) is 3.27. The lowest BCUT2D eigenvalue weighted by Crippen LogP contribution is -2.34. The average Bonchev–Trinajstić information content (AvgIpc) is 3.63. The predicted molar refractivity (Wildman–Crippen MR) is 174 cm³/mol. The summed E-state index contributed by atoms with van der Waals surface area (Å²) in [4.78, 5) is 41.5. The van der Waals surface area contributed by atoms with Crippen LogP contribution in [0.1, 0.15) is 31.2 Å². The van der Waals surface area contributed by atoms with Crippen molar-refractivity contribution in [3.63, 3.8) is 0 Å². The Morgan fingerprint density at radius 1 is 0.795 bits per heavy atom. The van der Waals surface area contributed by atoms with Crippen molar-refractivity contribution in [3.05, 3.63) is 148 Å². The van der Waals surface area contributed by atoms with Crippen LogP contribution in [0.15, 0.2) is 127 Å². The molecule has 4 aromatic carbocycles. The lowest BCUT2D eigenvalue weighted by Gasteiger charge is -2.22. The first-order valence-electron chi connectivity index (χ1n) is 14.2. The maximum Gasteiger partial charge on any atom is 0.328 e. The molecule has 5 aromatic rings. The van der Waals surface area contributed by atoms with E-state index in [1.54, 1.807) is 35.2 Å². The van der Waals surface area contributed by atoms with Gasteiger partial charge < -0.3 is 19.7 Å². The Balaban J connectivity index is 1.23. The number of rotatable bonds is 13. The molecule has 1 amide bonds. The summed E-state index contributed by atoms with van der Waals surface area (Å²) in [5, 5.41) is 5.12. The number of hydrogen-bond acceptors (Lipinski definition) is 7. The number of nitrogens with zero attached hydrogens (tertiary/aromatic N) is 1. The molecule has 1 atom stereocenters. The van der Waals surface area contributed by atoms with Gasteiger partial charge in [0.2, 0.25) is 0 Å². The van der Waals surface area contributed by atoms with Crippen molar-refractivity contribution >= 4 is 40.4 Å². The second-order valence-electron chi connectivity index (χ2n) is 9.93. The van der Waals surface area contributed by atoms with Crippen molar-refractivity contribution in [2.75, 3.05) is 30.5 Å². The number of ketones is 1. The number of carbonyl (C=O) groups is 3. The van der Waals surface area contributed by atoms with Crippen LogP contribution in [0.5, 0.6) is 5.75 Å². The van der Waals surface area contributed by atoms with Crippen molar-refractivity contribution in [2.24, 2.45) is 0 Å². The molecule has 8 heteroatoms. The number of hydrogen-bond donors (Lipinski definition) is 1. The van der Waals surface area contributed by atoms with Crippen LogP contribution < -0.4 is 15.0 Å². The number of esters is 1. The fourth-order valence-electron chi connectivity index (χ4n) is 4.78. The summed E-state index contributed by atoms with van der Waals surface area (Å²) in [5.74, 6) is -0.00399. The molecule has 0 aliphatic carbocycles. The van der Waals surface area contributed by atoms with Gasteiger partial charge in [0.25, 0.3) is 5.91 Å². The standard InChI is InChI=1S/C36H32N2O5S/c1-42-36(41)32(37-31-16-9-8-15-30(31)34(39)27-11-4-2-5-12-27)25-26-18-20-29(21-19-26)43-23-22-38(28-13-6-3-7-14-28)35(40)33-17-10-24-44-33/h2-21,24,32,37H,22-23,25H2,1H3/t32-/m0/s1. The van der Waals surface area contributed by atoms with Gasteiger partial charge in [-0.2, -0.15) is 0 Å². The largest absolute Gasteiger partial charge is 0.492 e. The monoisotopic (exact) mass is 604 g/mol. The first-order chi connectivity index (χ1) is 21.5. The molecule has 1 heterocycles. The van der Waals surface area contributed by atoms with E-state index in [1.165, 1.54) is 18.4 Å². The topological polar surface area (TPSA) is 84.9 Å². The minimum atomic E-state index is -0.723. The van der Waals surface area contributed by atoms with Gasteiger partial charge in [0, 0.05) is 28.9 Å². The van der Waals surface area contributed by atoms with E-state index in [9.17, 15) is 14.4 Å². The van der Waals surface area contributed by atoms with E-state index in [4.69, 9.17) is 9.47 Å². The summed E-state index contributed by atoms with van der Waals surface area (Å²) in [6.07, 6.45) is 0.331. The molecule has 0 bridgehead atoms. The number of carbonyl (C=O) groups excluding carboxylic acids is 3. The minimum Gasteiger partial charge on any atom is -0.492 e. The van der Waals surface area contributed by atoms with Gasteiger partial charge in [-0.1, -0.05) is 78.9 Å².